The van der Waals surface area contributed by atoms with E-state index in [4.69, 9.17) is 11.6 Å². The molecule has 4 heteroatoms. The van der Waals surface area contributed by atoms with E-state index in [1.165, 1.54) is 0 Å². The van der Waals surface area contributed by atoms with Crippen LogP contribution in [0.4, 0.5) is 0 Å². The van der Waals surface area contributed by atoms with E-state index in [-0.39, 0.29) is 5.90 Å². The van der Waals surface area contributed by atoms with Gasteiger partial charge in [0.2, 0.25) is 11.9 Å². The maximum Gasteiger partial charge on any atom is 0.238 e. The molecule has 0 spiro atoms. The van der Waals surface area contributed by atoms with E-state index in [9.17, 15) is 5.11 Å². The molecule has 0 fully saturated rings. The van der Waals surface area contributed by atoms with Crippen LogP contribution in [0.5, 0.6) is 0 Å². The first-order chi connectivity index (χ1) is 11.7. The third kappa shape index (κ3) is 3.89. The quantitative estimate of drug-likeness (QED) is 0.409. The lowest BCUT2D eigenvalue weighted by Gasteiger charge is -2.06. The van der Waals surface area contributed by atoms with Gasteiger partial charge < -0.3 is 5.11 Å². The Bertz CT molecular complexity index is 889. The van der Waals surface area contributed by atoms with Gasteiger partial charge in [0.05, 0.1) is 5.90 Å². The molecule has 3 nitrogen and oxygen atoms in total. The lowest BCUT2D eigenvalue weighted by atomic mass is 10.2. The molecule has 0 radical (unpaired) electrons. The number of benzene rings is 2. The Morgan fingerprint density at radius 1 is 0.875 bits per heavy atom. The maximum atomic E-state index is 12.3. The number of aromatic nitrogens is 1. The normalized spacial score (nSPS) is 11.8. The van der Waals surface area contributed by atoms with Crippen molar-refractivity contribution in [2.75, 3.05) is 0 Å². The zero-order valence-electron chi connectivity index (χ0n) is 12.8. The highest BCUT2D eigenvalue weighted by Crippen LogP contribution is 2.17. The number of pyridine rings is 1. The van der Waals surface area contributed by atoms with Gasteiger partial charge in [-0.15, -0.1) is 0 Å². The van der Waals surface area contributed by atoms with Crippen LogP contribution in [0.3, 0.4) is 0 Å². The van der Waals surface area contributed by atoms with Crippen LogP contribution in [-0.2, 0) is 0 Å². The fourth-order valence-corrected chi connectivity index (χ4v) is 2.39. The van der Waals surface area contributed by atoms with E-state index >= 15 is 0 Å². The number of hydrogen-bond donors (Lipinski definition) is 0. The standard InChI is InChI=1S/C20H15ClN2O/c21-19-12-5-4-8-16(19)13-14-18-11-6-7-15-23(18)22-20(24)17-9-2-1-3-10-17/h1-15H/b14-13+. The molecule has 1 aromatic heterocycles. The molecule has 118 valence electrons. The molecule has 2 aromatic carbocycles. The molecule has 3 rings (SSSR count). The van der Waals surface area contributed by atoms with Crippen molar-refractivity contribution in [1.29, 1.82) is 0 Å². The summed E-state index contributed by atoms with van der Waals surface area (Å²) in [4.78, 5) is 0. The van der Waals surface area contributed by atoms with E-state index < -0.39 is 0 Å². The molecular weight excluding hydrogens is 320 g/mol. The average molecular weight is 335 g/mol. The molecule has 0 saturated carbocycles. The summed E-state index contributed by atoms with van der Waals surface area (Å²) in [6.45, 7) is 0. The largest absolute Gasteiger partial charge is 0.854 e. The fraction of sp³-hybridized carbons (Fsp3) is 0. The SMILES string of the molecule is [O-]/C(=N\[n+]1ccccc1/C=C/c1ccccc1Cl)c1ccccc1. The molecule has 3 aromatic rings. The number of halogens is 1. The second-order valence-electron chi connectivity index (χ2n) is 5.10. The summed E-state index contributed by atoms with van der Waals surface area (Å²) >= 11 is 6.16. The summed E-state index contributed by atoms with van der Waals surface area (Å²) in [5.74, 6) is -0.292. The van der Waals surface area contributed by atoms with Crippen LogP contribution >= 0.6 is 11.6 Å². The first-order valence-corrected chi connectivity index (χ1v) is 7.86. The van der Waals surface area contributed by atoms with Gasteiger partial charge >= 0.3 is 0 Å². The summed E-state index contributed by atoms with van der Waals surface area (Å²) in [5.41, 5.74) is 2.24. The Balaban J connectivity index is 1.93. The lowest BCUT2D eigenvalue weighted by molar-refractivity contribution is -0.683. The van der Waals surface area contributed by atoms with Gasteiger partial charge in [-0.1, -0.05) is 64.8 Å². The van der Waals surface area contributed by atoms with E-state index in [1.54, 1.807) is 23.0 Å². The third-order valence-electron chi connectivity index (χ3n) is 3.43. The predicted molar refractivity (Wildman–Crippen MR) is 95.4 cm³/mol. The van der Waals surface area contributed by atoms with Crippen LogP contribution in [0, 0.1) is 0 Å². The smallest absolute Gasteiger partial charge is 0.238 e. The van der Waals surface area contributed by atoms with Crippen molar-refractivity contribution in [1.82, 2.24) is 0 Å². The average Bonchev–Trinajstić information content (AvgIpc) is 2.63. The first-order valence-electron chi connectivity index (χ1n) is 7.49. The summed E-state index contributed by atoms with van der Waals surface area (Å²) in [5, 5.41) is 17.1. The molecule has 0 aliphatic carbocycles. The van der Waals surface area contributed by atoms with Gasteiger partial charge in [0.25, 0.3) is 0 Å². The molecule has 0 N–H and O–H groups in total. The zero-order chi connectivity index (χ0) is 16.8. The molecule has 0 aliphatic heterocycles. The molecule has 24 heavy (non-hydrogen) atoms. The van der Waals surface area contributed by atoms with Crippen LogP contribution in [0.15, 0.2) is 84.1 Å². The van der Waals surface area contributed by atoms with Crippen molar-refractivity contribution >= 4 is 29.7 Å². The highest BCUT2D eigenvalue weighted by atomic mass is 35.5. The van der Waals surface area contributed by atoms with Gasteiger partial charge in [0.1, 0.15) is 0 Å². The maximum absolute atomic E-state index is 12.3. The summed E-state index contributed by atoms with van der Waals surface area (Å²) in [6.07, 6.45) is 5.52. The minimum atomic E-state index is -0.292. The minimum absolute atomic E-state index is 0.292. The van der Waals surface area contributed by atoms with Crippen molar-refractivity contribution in [2.24, 2.45) is 5.10 Å². The fourth-order valence-electron chi connectivity index (χ4n) is 2.19. The third-order valence-corrected chi connectivity index (χ3v) is 3.77. The van der Waals surface area contributed by atoms with Crippen LogP contribution in [-0.4, -0.2) is 5.90 Å². The summed E-state index contributed by atoms with van der Waals surface area (Å²) in [7, 11) is 0. The van der Waals surface area contributed by atoms with Crippen molar-refractivity contribution in [3.05, 3.63) is 101 Å². The molecule has 0 bridgehead atoms. The van der Waals surface area contributed by atoms with Crippen molar-refractivity contribution in [3.63, 3.8) is 0 Å². The summed E-state index contributed by atoms with van der Waals surface area (Å²) < 4.78 is 1.56. The lowest BCUT2D eigenvalue weighted by Crippen LogP contribution is -2.36. The minimum Gasteiger partial charge on any atom is -0.854 e. The van der Waals surface area contributed by atoms with Gasteiger partial charge in [0.15, 0.2) is 0 Å². The predicted octanol–water partition coefficient (Wildman–Crippen LogP) is 3.37. The number of hydrogen-bond acceptors (Lipinski definition) is 2. The summed E-state index contributed by atoms with van der Waals surface area (Å²) in [6, 6.07) is 22.2. The van der Waals surface area contributed by atoms with Crippen LogP contribution in [0.2, 0.25) is 5.02 Å². The molecule has 0 unspecified atom stereocenters. The van der Waals surface area contributed by atoms with Crippen LogP contribution in [0.25, 0.3) is 12.2 Å². The Kier molecular flexibility index (Phi) is 5.04. The van der Waals surface area contributed by atoms with Crippen molar-refractivity contribution in [3.8, 4) is 0 Å². The first kappa shape index (κ1) is 16.0. The number of rotatable bonds is 4. The highest BCUT2D eigenvalue weighted by molar-refractivity contribution is 6.32. The van der Waals surface area contributed by atoms with Crippen molar-refractivity contribution < 1.29 is 9.78 Å². The molecule has 0 atom stereocenters. The molecule has 0 saturated heterocycles. The van der Waals surface area contributed by atoms with E-state index in [1.807, 2.05) is 72.8 Å². The zero-order valence-corrected chi connectivity index (χ0v) is 13.6. The Morgan fingerprint density at radius 3 is 2.38 bits per heavy atom. The monoisotopic (exact) mass is 334 g/mol. The van der Waals surface area contributed by atoms with Crippen LogP contribution in [0.1, 0.15) is 16.8 Å². The van der Waals surface area contributed by atoms with Gasteiger partial charge in [-0.3, -0.25) is 0 Å². The van der Waals surface area contributed by atoms with Crippen molar-refractivity contribution in [2.45, 2.75) is 0 Å². The van der Waals surface area contributed by atoms with Gasteiger partial charge in [-0.25, -0.2) is 0 Å². The topological polar surface area (TPSA) is 39.3 Å². The van der Waals surface area contributed by atoms with E-state index in [0.29, 0.717) is 10.6 Å². The Labute approximate surface area is 145 Å². The van der Waals surface area contributed by atoms with Gasteiger partial charge in [0, 0.05) is 23.2 Å². The highest BCUT2D eigenvalue weighted by Gasteiger charge is 2.06. The van der Waals surface area contributed by atoms with Crippen LogP contribution < -0.4 is 9.78 Å². The van der Waals surface area contributed by atoms with Gasteiger partial charge in [-0.2, -0.15) is 0 Å². The molecule has 0 amide bonds. The Hall–Kier alpha value is -2.91. The second kappa shape index (κ2) is 7.57. The van der Waals surface area contributed by atoms with E-state index in [2.05, 4.69) is 5.10 Å². The molecule has 0 aliphatic rings. The molecule has 1 heterocycles. The molecular formula is C20H15ClN2O. The number of nitrogens with zero attached hydrogens (tertiary/aromatic N) is 2. The van der Waals surface area contributed by atoms with Gasteiger partial charge in [-0.05, 0) is 34.4 Å². The second-order valence-corrected chi connectivity index (χ2v) is 5.50. The Morgan fingerprint density at radius 2 is 1.58 bits per heavy atom. The van der Waals surface area contributed by atoms with E-state index in [0.717, 1.165) is 11.3 Å².